The second kappa shape index (κ2) is 8.00. The van der Waals surface area contributed by atoms with Crippen LogP contribution in [0.2, 0.25) is 0 Å². The molecule has 1 N–H and O–H groups in total. The number of amides is 1. The molecule has 0 saturated carbocycles. The molecular weight excluding hydrogens is 265 g/mol. The molecule has 2 nitrogen and oxygen atoms in total. The highest BCUT2D eigenvalue weighted by Crippen LogP contribution is 2.07. The molecule has 0 aromatic heterocycles. The van der Waals surface area contributed by atoms with Crippen LogP contribution in [0.5, 0.6) is 0 Å². The zero-order chi connectivity index (χ0) is 14.9. The Labute approximate surface area is 124 Å². The van der Waals surface area contributed by atoms with Crippen molar-refractivity contribution in [3.63, 3.8) is 0 Å². The van der Waals surface area contributed by atoms with Crippen LogP contribution in [0.15, 0.2) is 60.7 Å². The number of carbonyl (C=O) groups is 1. The minimum atomic E-state index is -0.328. The van der Waals surface area contributed by atoms with Crippen LogP contribution in [0.25, 0.3) is 6.08 Å². The highest BCUT2D eigenvalue weighted by atomic mass is 19.1. The van der Waals surface area contributed by atoms with Gasteiger partial charge in [-0.05, 0) is 30.5 Å². The molecule has 21 heavy (non-hydrogen) atoms. The number of nitrogens with one attached hydrogen (secondary N) is 1. The van der Waals surface area contributed by atoms with Crippen molar-refractivity contribution >= 4 is 12.0 Å². The number of aryl methyl sites for hydroxylation is 1. The molecule has 0 atom stereocenters. The highest BCUT2D eigenvalue weighted by molar-refractivity contribution is 5.91. The molecule has 2 aromatic carbocycles. The summed E-state index contributed by atoms with van der Waals surface area (Å²) in [5, 5.41) is 2.79. The topological polar surface area (TPSA) is 29.1 Å². The van der Waals surface area contributed by atoms with Crippen LogP contribution in [0, 0.1) is 5.82 Å². The van der Waals surface area contributed by atoms with Gasteiger partial charge in [-0.25, -0.2) is 4.39 Å². The maximum atomic E-state index is 13.4. The summed E-state index contributed by atoms with van der Waals surface area (Å²) >= 11 is 0. The van der Waals surface area contributed by atoms with Crippen molar-refractivity contribution in [3.8, 4) is 0 Å². The smallest absolute Gasteiger partial charge is 0.244 e. The van der Waals surface area contributed by atoms with Crippen molar-refractivity contribution in [1.29, 1.82) is 0 Å². The van der Waals surface area contributed by atoms with E-state index in [2.05, 4.69) is 17.4 Å². The van der Waals surface area contributed by atoms with Gasteiger partial charge >= 0.3 is 0 Å². The van der Waals surface area contributed by atoms with Gasteiger partial charge in [-0.3, -0.25) is 4.79 Å². The second-order valence-electron chi connectivity index (χ2n) is 4.74. The number of rotatable bonds is 6. The molecule has 0 aliphatic heterocycles. The van der Waals surface area contributed by atoms with E-state index in [0.717, 1.165) is 12.8 Å². The summed E-state index contributed by atoms with van der Waals surface area (Å²) in [5.41, 5.74) is 1.67. The molecule has 0 spiro atoms. The summed E-state index contributed by atoms with van der Waals surface area (Å²) in [4.78, 5) is 11.6. The summed E-state index contributed by atoms with van der Waals surface area (Å²) in [5.74, 6) is -0.531. The molecule has 0 heterocycles. The molecule has 0 unspecified atom stereocenters. The Morgan fingerprint density at radius 2 is 1.76 bits per heavy atom. The van der Waals surface area contributed by atoms with E-state index in [1.165, 1.54) is 23.8 Å². The van der Waals surface area contributed by atoms with Gasteiger partial charge in [0.25, 0.3) is 0 Å². The molecule has 0 saturated heterocycles. The summed E-state index contributed by atoms with van der Waals surface area (Å²) in [6.45, 7) is 0.606. The van der Waals surface area contributed by atoms with E-state index in [1.807, 2.05) is 18.2 Å². The Hall–Kier alpha value is -2.42. The van der Waals surface area contributed by atoms with Crippen LogP contribution in [0.1, 0.15) is 17.5 Å². The molecule has 0 radical (unpaired) electrons. The van der Waals surface area contributed by atoms with Gasteiger partial charge in [-0.15, -0.1) is 0 Å². The number of benzene rings is 2. The van der Waals surface area contributed by atoms with Gasteiger partial charge < -0.3 is 5.32 Å². The lowest BCUT2D eigenvalue weighted by Gasteiger charge is -2.03. The fourth-order valence-corrected chi connectivity index (χ4v) is 1.98. The summed E-state index contributed by atoms with van der Waals surface area (Å²) < 4.78 is 13.4. The van der Waals surface area contributed by atoms with Crippen LogP contribution in [-0.2, 0) is 11.2 Å². The zero-order valence-corrected chi connectivity index (χ0v) is 11.8. The van der Waals surface area contributed by atoms with Gasteiger partial charge in [0.1, 0.15) is 5.82 Å². The van der Waals surface area contributed by atoms with E-state index >= 15 is 0 Å². The summed E-state index contributed by atoms with van der Waals surface area (Å²) in [7, 11) is 0. The quantitative estimate of drug-likeness (QED) is 0.637. The largest absolute Gasteiger partial charge is 0.353 e. The minimum absolute atomic E-state index is 0.202. The van der Waals surface area contributed by atoms with Gasteiger partial charge in [0, 0.05) is 18.2 Å². The van der Waals surface area contributed by atoms with Crippen molar-refractivity contribution < 1.29 is 9.18 Å². The Morgan fingerprint density at radius 3 is 2.52 bits per heavy atom. The van der Waals surface area contributed by atoms with E-state index < -0.39 is 0 Å². The van der Waals surface area contributed by atoms with Crippen LogP contribution in [0.4, 0.5) is 4.39 Å². The third-order valence-electron chi connectivity index (χ3n) is 3.10. The fourth-order valence-electron chi connectivity index (χ4n) is 1.98. The van der Waals surface area contributed by atoms with Crippen molar-refractivity contribution in [3.05, 3.63) is 77.6 Å². The first-order chi connectivity index (χ1) is 10.3. The number of carbonyl (C=O) groups excluding carboxylic acids is 1. The van der Waals surface area contributed by atoms with Crippen molar-refractivity contribution in [1.82, 2.24) is 5.32 Å². The maximum absolute atomic E-state index is 13.4. The maximum Gasteiger partial charge on any atom is 0.244 e. The van der Waals surface area contributed by atoms with Gasteiger partial charge in [0.05, 0.1) is 0 Å². The molecule has 1 amide bonds. The second-order valence-corrected chi connectivity index (χ2v) is 4.74. The van der Waals surface area contributed by atoms with Gasteiger partial charge in [0.15, 0.2) is 0 Å². The van der Waals surface area contributed by atoms with E-state index in [0.29, 0.717) is 12.1 Å². The predicted octanol–water partition coefficient (Wildman–Crippen LogP) is 3.59. The third kappa shape index (κ3) is 5.22. The molecule has 2 aromatic rings. The Balaban J connectivity index is 1.72. The van der Waals surface area contributed by atoms with Crippen LogP contribution in [-0.4, -0.2) is 12.5 Å². The van der Waals surface area contributed by atoms with Crippen molar-refractivity contribution in [2.75, 3.05) is 6.54 Å². The van der Waals surface area contributed by atoms with E-state index in [4.69, 9.17) is 0 Å². The molecular formula is C18H18FNO. The van der Waals surface area contributed by atoms with Gasteiger partial charge in [0.2, 0.25) is 5.91 Å². The van der Waals surface area contributed by atoms with Gasteiger partial charge in [-0.1, -0.05) is 48.5 Å². The molecule has 0 aliphatic rings. The normalized spacial score (nSPS) is 10.7. The Morgan fingerprint density at radius 1 is 1.05 bits per heavy atom. The summed E-state index contributed by atoms with van der Waals surface area (Å²) in [6.07, 6.45) is 4.66. The molecule has 0 fully saturated rings. The van der Waals surface area contributed by atoms with Crippen molar-refractivity contribution in [2.45, 2.75) is 12.8 Å². The Bertz CT molecular complexity index is 608. The van der Waals surface area contributed by atoms with Crippen LogP contribution < -0.4 is 5.32 Å². The predicted molar refractivity (Wildman–Crippen MR) is 83.2 cm³/mol. The van der Waals surface area contributed by atoms with Crippen molar-refractivity contribution in [2.24, 2.45) is 0 Å². The van der Waals surface area contributed by atoms with E-state index in [9.17, 15) is 9.18 Å². The zero-order valence-electron chi connectivity index (χ0n) is 11.8. The Kier molecular flexibility index (Phi) is 5.71. The lowest BCUT2D eigenvalue weighted by Crippen LogP contribution is -2.22. The first kappa shape index (κ1) is 15.0. The summed E-state index contributed by atoms with van der Waals surface area (Å²) in [6, 6.07) is 16.5. The SMILES string of the molecule is O=C(/C=C/c1ccccc1F)NCCCc1ccccc1. The molecule has 2 rings (SSSR count). The number of hydrogen-bond donors (Lipinski definition) is 1. The minimum Gasteiger partial charge on any atom is -0.353 e. The third-order valence-corrected chi connectivity index (χ3v) is 3.10. The standard InChI is InChI=1S/C18H18FNO/c19-17-11-5-4-10-16(17)12-13-18(21)20-14-6-9-15-7-2-1-3-8-15/h1-5,7-8,10-13H,6,9,14H2,(H,20,21)/b13-12+. The number of halogens is 1. The monoisotopic (exact) mass is 283 g/mol. The first-order valence-electron chi connectivity index (χ1n) is 7.00. The first-order valence-corrected chi connectivity index (χ1v) is 7.00. The fraction of sp³-hybridized carbons (Fsp3) is 0.167. The highest BCUT2D eigenvalue weighted by Gasteiger charge is 1.98. The lowest BCUT2D eigenvalue weighted by molar-refractivity contribution is -0.116. The molecule has 108 valence electrons. The average Bonchev–Trinajstić information content (AvgIpc) is 2.52. The lowest BCUT2D eigenvalue weighted by atomic mass is 10.1. The molecule has 0 aliphatic carbocycles. The van der Waals surface area contributed by atoms with E-state index in [1.54, 1.807) is 18.2 Å². The molecule has 0 bridgehead atoms. The van der Waals surface area contributed by atoms with Crippen LogP contribution >= 0.6 is 0 Å². The van der Waals surface area contributed by atoms with Gasteiger partial charge in [-0.2, -0.15) is 0 Å². The van der Waals surface area contributed by atoms with E-state index in [-0.39, 0.29) is 11.7 Å². The number of hydrogen-bond acceptors (Lipinski definition) is 1. The average molecular weight is 283 g/mol. The molecule has 3 heteroatoms. The van der Waals surface area contributed by atoms with Crippen LogP contribution in [0.3, 0.4) is 0 Å².